The number of fused-ring (bicyclic) bond motifs is 1. The summed E-state index contributed by atoms with van der Waals surface area (Å²) < 4.78 is 16.1. The lowest BCUT2D eigenvalue weighted by Crippen LogP contribution is -2.27. The number of aromatic nitrogens is 3. The molecule has 3 rings (SSSR count). The first-order valence-corrected chi connectivity index (χ1v) is 6.57. The number of ether oxygens (including phenoxy) is 1. The maximum Gasteiger partial charge on any atom is 0.147 e. The number of hydrogen-bond donors (Lipinski definition) is 1. The van der Waals surface area contributed by atoms with Crippen LogP contribution in [0, 0.1) is 11.3 Å². The van der Waals surface area contributed by atoms with E-state index in [-0.39, 0.29) is 17.7 Å². The average molecular weight is 262 g/mol. The van der Waals surface area contributed by atoms with Crippen LogP contribution >= 0.6 is 0 Å². The monoisotopic (exact) mass is 262 g/mol. The van der Waals surface area contributed by atoms with Gasteiger partial charge in [-0.25, -0.2) is 9.97 Å². The Bertz CT molecular complexity index is 666. The van der Waals surface area contributed by atoms with Gasteiger partial charge in [0.05, 0.1) is 12.9 Å². The lowest BCUT2D eigenvalue weighted by molar-refractivity contribution is -0.0221. The first-order valence-electron chi connectivity index (χ1n) is 7.07. The second kappa shape index (κ2) is 3.93. The van der Waals surface area contributed by atoms with Gasteiger partial charge in [-0.3, -0.25) is 0 Å². The van der Waals surface area contributed by atoms with Crippen molar-refractivity contribution >= 4 is 16.9 Å². The third-order valence-corrected chi connectivity index (χ3v) is 4.56. The largest absolute Gasteiger partial charge is 0.383 e. The van der Waals surface area contributed by atoms with Gasteiger partial charge in [-0.05, 0) is 18.9 Å². The predicted molar refractivity (Wildman–Crippen MR) is 74.5 cm³/mol. The molecule has 102 valence electrons. The average Bonchev–Trinajstić information content (AvgIpc) is 2.81. The highest BCUT2D eigenvalue weighted by Gasteiger charge is 2.47. The van der Waals surface area contributed by atoms with E-state index in [4.69, 9.17) is 11.8 Å². The summed E-state index contributed by atoms with van der Waals surface area (Å²) in [4.78, 5) is 8.26. The Balaban J connectivity index is 2.19. The topological polar surface area (TPSA) is 66.0 Å². The van der Waals surface area contributed by atoms with Crippen LogP contribution < -0.4 is 5.73 Å². The smallest absolute Gasteiger partial charge is 0.147 e. The van der Waals surface area contributed by atoms with Gasteiger partial charge in [-0.15, -0.1) is 0 Å². The molecule has 2 N–H and O–H groups in total. The molecule has 0 amide bonds. The summed E-state index contributed by atoms with van der Waals surface area (Å²) in [6.07, 6.45) is 3.19. The number of nitrogen functional groups attached to an aromatic ring is 1. The Morgan fingerprint density at radius 3 is 2.79 bits per heavy atom. The summed E-state index contributed by atoms with van der Waals surface area (Å²) in [6, 6.07) is 0.338. The molecule has 1 aliphatic rings. The van der Waals surface area contributed by atoms with Gasteiger partial charge in [0.25, 0.3) is 0 Å². The summed E-state index contributed by atoms with van der Waals surface area (Å²) in [5.41, 5.74) is 6.49. The van der Waals surface area contributed by atoms with E-state index in [2.05, 4.69) is 37.7 Å². The molecule has 1 aliphatic heterocycles. The molecule has 0 spiro atoms. The van der Waals surface area contributed by atoms with E-state index in [0.29, 0.717) is 28.8 Å². The second-order valence-corrected chi connectivity index (χ2v) is 5.94. The van der Waals surface area contributed by atoms with Crippen molar-refractivity contribution in [1.82, 2.24) is 14.5 Å². The number of hydrogen-bond acceptors (Lipinski definition) is 4. The summed E-state index contributed by atoms with van der Waals surface area (Å²) in [5, 5.41) is 0.596. The third-order valence-electron chi connectivity index (χ3n) is 4.56. The van der Waals surface area contributed by atoms with Crippen LogP contribution in [0.1, 0.15) is 35.3 Å². The van der Waals surface area contributed by atoms with Crippen LogP contribution in [0.4, 0.5) is 5.82 Å². The maximum absolute atomic E-state index is 8.08. The van der Waals surface area contributed by atoms with Gasteiger partial charge in [-0.1, -0.05) is 20.8 Å². The van der Waals surface area contributed by atoms with Crippen molar-refractivity contribution < 1.29 is 6.11 Å². The highest BCUT2D eigenvalue weighted by molar-refractivity contribution is 5.86. The minimum atomic E-state index is -0.150. The number of nitrogens with zero attached hydrogens (tertiary/aromatic N) is 3. The molecular weight excluding hydrogens is 240 g/mol. The SMILES string of the molecule is [3H]c1cn([C@@H]2OC(C)C(C)C2(C)C)c2ncnc(N)c12. The summed E-state index contributed by atoms with van der Waals surface area (Å²) >= 11 is 0. The van der Waals surface area contributed by atoms with Gasteiger partial charge in [0.15, 0.2) is 0 Å². The van der Waals surface area contributed by atoms with Crippen LogP contribution in [-0.2, 0) is 4.74 Å². The van der Waals surface area contributed by atoms with Gasteiger partial charge in [0, 0.05) is 11.6 Å². The van der Waals surface area contributed by atoms with E-state index in [0.717, 1.165) is 0 Å². The van der Waals surface area contributed by atoms with Gasteiger partial charge in [0.1, 0.15) is 24.0 Å². The van der Waals surface area contributed by atoms with Crippen molar-refractivity contribution in [2.45, 2.75) is 40.0 Å². The van der Waals surface area contributed by atoms with E-state index >= 15 is 0 Å². The Kier molecular flexibility index (Phi) is 2.33. The molecule has 0 radical (unpaired) electrons. The third kappa shape index (κ3) is 1.64. The van der Waals surface area contributed by atoms with E-state index in [1.54, 1.807) is 6.20 Å². The van der Waals surface area contributed by atoms with Crippen molar-refractivity contribution in [2.75, 3.05) is 5.73 Å². The Labute approximate surface area is 114 Å². The minimum absolute atomic E-state index is 0.0441. The van der Waals surface area contributed by atoms with E-state index in [1.165, 1.54) is 6.33 Å². The Hall–Kier alpha value is -1.62. The zero-order chi connectivity index (χ0) is 14.7. The Morgan fingerprint density at radius 2 is 2.16 bits per heavy atom. The van der Waals surface area contributed by atoms with Crippen molar-refractivity contribution in [2.24, 2.45) is 11.3 Å². The molecular formula is C14H20N4O. The first-order chi connectivity index (χ1) is 9.34. The molecule has 1 saturated heterocycles. The highest BCUT2D eigenvalue weighted by atomic mass is 16.5. The molecule has 3 heterocycles. The van der Waals surface area contributed by atoms with Gasteiger partial charge >= 0.3 is 0 Å². The van der Waals surface area contributed by atoms with Crippen LogP contribution in [0.5, 0.6) is 0 Å². The highest BCUT2D eigenvalue weighted by Crippen LogP contribution is 2.49. The van der Waals surface area contributed by atoms with Crippen LogP contribution in [0.15, 0.2) is 18.6 Å². The molecule has 5 heteroatoms. The van der Waals surface area contributed by atoms with E-state index in [9.17, 15) is 0 Å². The lowest BCUT2D eigenvalue weighted by Gasteiger charge is -2.30. The zero-order valence-corrected chi connectivity index (χ0v) is 11.7. The van der Waals surface area contributed by atoms with Crippen molar-refractivity contribution in [1.29, 1.82) is 0 Å². The molecule has 0 saturated carbocycles. The summed E-state index contributed by atoms with van der Waals surface area (Å²) in [6.45, 7) is 8.65. The van der Waals surface area contributed by atoms with Crippen LogP contribution in [0.25, 0.3) is 11.0 Å². The van der Waals surface area contributed by atoms with Gasteiger partial charge < -0.3 is 15.0 Å². The molecule has 5 nitrogen and oxygen atoms in total. The van der Waals surface area contributed by atoms with Gasteiger partial charge in [0.2, 0.25) is 0 Å². The minimum Gasteiger partial charge on any atom is -0.383 e. The maximum atomic E-state index is 8.08. The summed E-state index contributed by atoms with van der Waals surface area (Å²) in [7, 11) is 0. The Morgan fingerprint density at radius 1 is 1.42 bits per heavy atom. The van der Waals surface area contributed by atoms with Crippen LogP contribution in [0.2, 0.25) is 0 Å². The second-order valence-electron chi connectivity index (χ2n) is 5.94. The molecule has 1 fully saturated rings. The van der Waals surface area contributed by atoms with E-state index < -0.39 is 0 Å². The number of anilines is 1. The molecule has 0 bridgehead atoms. The van der Waals surface area contributed by atoms with Crippen LogP contribution in [-0.4, -0.2) is 20.6 Å². The van der Waals surface area contributed by atoms with Crippen molar-refractivity contribution in [3.8, 4) is 0 Å². The normalized spacial score (nSPS) is 30.7. The molecule has 2 aromatic rings. The molecule has 2 unspecified atom stereocenters. The fourth-order valence-corrected chi connectivity index (χ4v) is 2.85. The fraction of sp³-hybridized carbons (Fsp3) is 0.571. The lowest BCUT2D eigenvalue weighted by atomic mass is 9.78. The zero-order valence-electron chi connectivity index (χ0n) is 12.7. The predicted octanol–water partition coefficient (Wildman–Crippen LogP) is 2.59. The molecule has 19 heavy (non-hydrogen) atoms. The van der Waals surface area contributed by atoms with E-state index in [1.807, 2.05) is 4.57 Å². The van der Waals surface area contributed by atoms with Crippen molar-refractivity contribution in [3.63, 3.8) is 0 Å². The summed E-state index contributed by atoms with van der Waals surface area (Å²) in [5.74, 6) is 0.758. The number of nitrogens with two attached hydrogens (primary N) is 1. The first kappa shape index (κ1) is 11.2. The molecule has 0 aliphatic carbocycles. The van der Waals surface area contributed by atoms with Gasteiger partial charge in [-0.2, -0.15) is 0 Å². The van der Waals surface area contributed by atoms with Crippen LogP contribution in [0.3, 0.4) is 0 Å². The quantitative estimate of drug-likeness (QED) is 0.857. The van der Waals surface area contributed by atoms with Crippen molar-refractivity contribution in [3.05, 3.63) is 18.6 Å². The molecule has 2 aromatic heterocycles. The number of rotatable bonds is 1. The standard InChI is InChI=1S/C14H20N4O/c1-8-9(2)19-13(14(8,3)4)18-6-5-10-11(15)16-7-17-12(10)18/h5-9,13H,1-4H3,(H2,15,16,17)/t8?,9?,13-/m1/s1/i5T. The fourth-order valence-electron chi connectivity index (χ4n) is 2.85. The molecule has 0 aromatic carbocycles. The molecule has 3 atom stereocenters.